The Morgan fingerprint density at radius 2 is 1.79 bits per heavy atom. The lowest BCUT2D eigenvalue weighted by Crippen LogP contribution is -2.34. The van der Waals surface area contributed by atoms with Gasteiger partial charge in [-0.15, -0.1) is 0 Å². The van der Waals surface area contributed by atoms with Gasteiger partial charge in [0.15, 0.2) is 0 Å². The maximum absolute atomic E-state index is 13.3. The van der Waals surface area contributed by atoms with Crippen molar-refractivity contribution < 1.29 is 4.79 Å². The van der Waals surface area contributed by atoms with E-state index in [0.717, 1.165) is 46.6 Å². The summed E-state index contributed by atoms with van der Waals surface area (Å²) in [7, 11) is 0. The Kier molecular flexibility index (Phi) is 6.35. The van der Waals surface area contributed by atoms with Crippen molar-refractivity contribution in [2.45, 2.75) is 45.6 Å². The largest absolute Gasteiger partial charge is 0.371 e. The zero-order valence-electron chi connectivity index (χ0n) is 20.0. The molecule has 2 N–H and O–H groups in total. The van der Waals surface area contributed by atoms with Gasteiger partial charge in [0.25, 0.3) is 0 Å². The van der Waals surface area contributed by atoms with E-state index < -0.39 is 0 Å². The van der Waals surface area contributed by atoms with Crippen LogP contribution in [0, 0.1) is 13.8 Å². The number of H-pyrrole nitrogens is 1. The number of carbonyl (C=O) groups is 1. The average molecular weight is 453 g/mol. The summed E-state index contributed by atoms with van der Waals surface area (Å²) in [6.07, 6.45) is 4.04. The lowest BCUT2D eigenvalue weighted by molar-refractivity contribution is -0.120. The zero-order chi connectivity index (χ0) is 23.5. The number of hydrogen-bond acceptors (Lipinski definition) is 3. The van der Waals surface area contributed by atoms with Crippen LogP contribution >= 0.6 is 0 Å². The molecule has 34 heavy (non-hydrogen) atoms. The third kappa shape index (κ3) is 4.84. The van der Waals surface area contributed by atoms with E-state index in [-0.39, 0.29) is 11.9 Å². The molecule has 1 aromatic heterocycles. The topological polar surface area (TPSA) is 61.0 Å². The molecule has 1 amide bonds. The molecular formula is C29H32N4O. The van der Waals surface area contributed by atoms with E-state index >= 15 is 0 Å². The van der Waals surface area contributed by atoms with E-state index in [0.29, 0.717) is 6.42 Å². The van der Waals surface area contributed by atoms with Gasteiger partial charge in [0.1, 0.15) is 5.82 Å². The molecule has 1 fully saturated rings. The van der Waals surface area contributed by atoms with Crippen LogP contribution in [0.4, 0.5) is 5.69 Å². The number of aromatic amines is 1. The Balaban J connectivity index is 1.45. The minimum absolute atomic E-state index is 0.00890. The predicted molar refractivity (Wildman–Crippen MR) is 138 cm³/mol. The third-order valence-electron chi connectivity index (χ3n) is 6.66. The molecule has 1 aliphatic rings. The minimum Gasteiger partial charge on any atom is -0.371 e. The molecule has 0 aliphatic carbocycles. The number of benzene rings is 3. The molecule has 0 radical (unpaired) electrons. The minimum atomic E-state index is -0.204. The maximum atomic E-state index is 13.3. The molecule has 5 nitrogen and oxygen atoms in total. The van der Waals surface area contributed by atoms with E-state index in [1.54, 1.807) is 0 Å². The van der Waals surface area contributed by atoms with E-state index in [1.165, 1.54) is 30.5 Å². The summed E-state index contributed by atoms with van der Waals surface area (Å²) in [4.78, 5) is 23.5. The summed E-state index contributed by atoms with van der Waals surface area (Å²) >= 11 is 0. The van der Waals surface area contributed by atoms with Crippen LogP contribution in [-0.4, -0.2) is 29.0 Å². The van der Waals surface area contributed by atoms with Crippen LogP contribution in [0.5, 0.6) is 0 Å². The summed E-state index contributed by atoms with van der Waals surface area (Å²) in [6.45, 7) is 6.21. The number of nitrogens with zero attached hydrogens (tertiary/aromatic N) is 2. The average Bonchev–Trinajstić information content (AvgIpc) is 3.23. The zero-order valence-corrected chi connectivity index (χ0v) is 20.0. The van der Waals surface area contributed by atoms with Crippen LogP contribution in [0.25, 0.3) is 11.0 Å². The molecular weight excluding hydrogens is 420 g/mol. The number of hydrogen-bond donors (Lipinski definition) is 2. The summed E-state index contributed by atoms with van der Waals surface area (Å²) in [6, 6.07) is 22.7. The van der Waals surface area contributed by atoms with Crippen LogP contribution in [0.2, 0.25) is 0 Å². The van der Waals surface area contributed by atoms with Crippen molar-refractivity contribution in [2.24, 2.45) is 0 Å². The molecule has 4 aromatic rings. The van der Waals surface area contributed by atoms with Gasteiger partial charge < -0.3 is 15.2 Å². The van der Waals surface area contributed by atoms with E-state index in [4.69, 9.17) is 0 Å². The lowest BCUT2D eigenvalue weighted by Gasteiger charge is -2.33. The summed E-state index contributed by atoms with van der Waals surface area (Å²) < 4.78 is 0. The molecule has 0 bridgehead atoms. The smallest absolute Gasteiger partial charge is 0.225 e. The van der Waals surface area contributed by atoms with Crippen molar-refractivity contribution in [1.29, 1.82) is 0 Å². The van der Waals surface area contributed by atoms with Gasteiger partial charge in [-0.25, -0.2) is 4.98 Å². The second-order valence-electron chi connectivity index (χ2n) is 9.37. The van der Waals surface area contributed by atoms with Crippen molar-refractivity contribution in [3.8, 4) is 0 Å². The van der Waals surface area contributed by atoms with Crippen LogP contribution in [0.3, 0.4) is 0 Å². The predicted octanol–water partition coefficient (Wildman–Crippen LogP) is 5.62. The van der Waals surface area contributed by atoms with Crippen molar-refractivity contribution in [3.05, 3.63) is 94.8 Å². The standard InChI is InChI=1S/C29H32N4O/c1-20-11-13-24(27(17-20)33-15-7-4-8-16-33)29(23-9-5-3-6-10-23)32-28(34)19-22-12-14-25-26(18-22)31-21(2)30-25/h3,5-6,9-14,17-18,29H,4,7-8,15-16,19H2,1-2H3,(H,30,31)(H,32,34). The fourth-order valence-electron chi connectivity index (χ4n) is 4.98. The van der Waals surface area contributed by atoms with E-state index in [1.807, 2.05) is 43.3 Å². The van der Waals surface area contributed by atoms with Gasteiger partial charge >= 0.3 is 0 Å². The van der Waals surface area contributed by atoms with Crippen LogP contribution in [-0.2, 0) is 11.2 Å². The fourth-order valence-corrected chi connectivity index (χ4v) is 4.98. The second kappa shape index (κ2) is 9.72. The molecule has 2 heterocycles. The number of aromatic nitrogens is 2. The molecule has 1 unspecified atom stereocenters. The second-order valence-corrected chi connectivity index (χ2v) is 9.37. The van der Waals surface area contributed by atoms with Crippen LogP contribution < -0.4 is 10.2 Å². The summed E-state index contributed by atoms with van der Waals surface area (Å²) in [5, 5.41) is 3.36. The first-order valence-electron chi connectivity index (χ1n) is 12.2. The fraction of sp³-hybridized carbons (Fsp3) is 0.310. The first-order chi connectivity index (χ1) is 16.6. The molecule has 0 saturated carbocycles. The molecule has 1 saturated heterocycles. The third-order valence-corrected chi connectivity index (χ3v) is 6.66. The Morgan fingerprint density at radius 3 is 2.59 bits per heavy atom. The number of imidazole rings is 1. The molecule has 1 aliphatic heterocycles. The normalized spacial score (nSPS) is 14.8. The van der Waals surface area contributed by atoms with Crippen molar-refractivity contribution in [3.63, 3.8) is 0 Å². The first kappa shape index (κ1) is 22.2. The number of nitrogens with one attached hydrogen (secondary N) is 2. The number of piperidine rings is 1. The summed E-state index contributed by atoms with van der Waals surface area (Å²) in [5.41, 5.74) is 7.60. The SMILES string of the molecule is Cc1ccc(C(NC(=O)Cc2ccc3nc(C)[nH]c3c2)c2ccccc2)c(N2CCCCC2)c1. The first-order valence-corrected chi connectivity index (χ1v) is 12.2. The molecule has 5 rings (SSSR count). The van der Waals surface area contributed by atoms with Gasteiger partial charge in [-0.2, -0.15) is 0 Å². The van der Waals surface area contributed by atoms with E-state index in [9.17, 15) is 4.79 Å². The van der Waals surface area contributed by atoms with Gasteiger partial charge in [-0.05, 0) is 68.0 Å². The van der Waals surface area contributed by atoms with Crippen molar-refractivity contribution in [2.75, 3.05) is 18.0 Å². The van der Waals surface area contributed by atoms with Gasteiger partial charge in [-0.3, -0.25) is 4.79 Å². The van der Waals surface area contributed by atoms with Gasteiger partial charge in [0.05, 0.1) is 23.5 Å². The quantitative estimate of drug-likeness (QED) is 0.399. The van der Waals surface area contributed by atoms with Gasteiger partial charge in [0, 0.05) is 24.3 Å². The number of rotatable bonds is 6. The van der Waals surface area contributed by atoms with Crippen LogP contribution in [0.1, 0.15) is 53.4 Å². The Bertz CT molecular complexity index is 1290. The summed E-state index contributed by atoms with van der Waals surface area (Å²) in [5.74, 6) is 0.889. The highest BCUT2D eigenvalue weighted by molar-refractivity contribution is 5.82. The number of amides is 1. The molecule has 5 heteroatoms. The number of anilines is 1. The highest BCUT2D eigenvalue weighted by Gasteiger charge is 2.23. The van der Waals surface area contributed by atoms with Crippen LogP contribution in [0.15, 0.2) is 66.7 Å². The maximum Gasteiger partial charge on any atom is 0.225 e. The number of aryl methyl sites for hydroxylation is 2. The Hall–Kier alpha value is -3.60. The van der Waals surface area contributed by atoms with Crippen molar-refractivity contribution >= 4 is 22.6 Å². The highest BCUT2D eigenvalue weighted by atomic mass is 16.1. The Labute approximate surface area is 201 Å². The number of fused-ring (bicyclic) bond motifs is 1. The molecule has 1 atom stereocenters. The molecule has 0 spiro atoms. The number of carbonyl (C=O) groups excluding carboxylic acids is 1. The monoisotopic (exact) mass is 452 g/mol. The van der Waals surface area contributed by atoms with Gasteiger partial charge in [-0.1, -0.05) is 48.5 Å². The molecule has 3 aromatic carbocycles. The van der Waals surface area contributed by atoms with Gasteiger partial charge in [0.2, 0.25) is 5.91 Å². The Morgan fingerprint density at radius 1 is 1.00 bits per heavy atom. The van der Waals surface area contributed by atoms with E-state index in [2.05, 4.69) is 57.4 Å². The highest BCUT2D eigenvalue weighted by Crippen LogP contribution is 2.33. The molecule has 174 valence electrons. The lowest BCUT2D eigenvalue weighted by atomic mass is 9.94. The van der Waals surface area contributed by atoms with Crippen molar-refractivity contribution in [1.82, 2.24) is 15.3 Å².